The molecule has 3 unspecified atom stereocenters. The Hall–Kier alpha value is -2.21. The summed E-state index contributed by atoms with van der Waals surface area (Å²) in [5, 5.41) is 3.29. The fraction of sp³-hybridized carbons (Fsp3) is 0.750. The molecule has 0 radical (unpaired) electrons. The molecular weight excluding hydrogens is 490 g/mol. The van der Waals surface area contributed by atoms with Crippen molar-refractivity contribution in [3.63, 3.8) is 0 Å². The quantitative estimate of drug-likeness (QED) is 0.263. The van der Waals surface area contributed by atoms with Crippen LogP contribution in [-0.2, 0) is 20.8 Å². The number of rotatable bonds is 11. The molecule has 0 heterocycles. The topological polar surface area (TPSA) is 80.2 Å². The molecule has 7 nitrogen and oxygen atoms in total. The van der Waals surface area contributed by atoms with E-state index >= 15 is 0 Å². The second-order valence-corrected chi connectivity index (χ2v) is 12.2. The van der Waals surface area contributed by atoms with Gasteiger partial charge >= 0.3 is 6.03 Å². The zero-order valence-corrected chi connectivity index (χ0v) is 24.1. The Morgan fingerprint density at radius 1 is 0.974 bits per heavy atom. The Bertz CT molecular complexity index is 926. The van der Waals surface area contributed by atoms with Gasteiger partial charge in [-0.05, 0) is 69.8 Å². The predicted octanol–water partition coefficient (Wildman–Crippen LogP) is 6.32. The van der Waals surface area contributed by atoms with Gasteiger partial charge in [-0.3, -0.25) is 0 Å². The summed E-state index contributed by atoms with van der Waals surface area (Å²) in [7, 11) is 0. The van der Waals surface area contributed by atoms with Gasteiger partial charge in [-0.15, -0.1) is 0 Å². The van der Waals surface area contributed by atoms with Crippen molar-refractivity contribution in [2.24, 2.45) is 16.8 Å². The molecule has 3 aliphatic carbocycles. The fourth-order valence-electron chi connectivity index (χ4n) is 6.66. The number of isocyanates is 1. The number of carbonyl (C=O) groups is 1. The molecule has 0 aliphatic heterocycles. The maximum atomic E-state index is 13.3. The highest BCUT2D eigenvalue weighted by molar-refractivity contribution is 5.74. The van der Waals surface area contributed by atoms with Crippen LogP contribution < -0.4 is 5.32 Å². The van der Waals surface area contributed by atoms with Crippen LogP contribution in [0.4, 0.5) is 4.79 Å². The van der Waals surface area contributed by atoms with Crippen molar-refractivity contribution < 1.29 is 19.1 Å². The lowest BCUT2D eigenvalue weighted by Gasteiger charge is -2.35. The Balaban J connectivity index is 1.25. The lowest BCUT2D eigenvalue weighted by atomic mass is 9.78. The van der Waals surface area contributed by atoms with Crippen molar-refractivity contribution in [2.45, 2.75) is 122 Å². The average Bonchev–Trinajstić information content (AvgIpc) is 2.95. The van der Waals surface area contributed by atoms with E-state index in [1.165, 1.54) is 31.2 Å². The first-order chi connectivity index (χ1) is 19.0. The van der Waals surface area contributed by atoms with Gasteiger partial charge in [-0.25, -0.2) is 14.6 Å². The van der Waals surface area contributed by atoms with E-state index in [1.807, 2.05) is 4.90 Å². The first-order valence-corrected chi connectivity index (χ1v) is 15.4. The van der Waals surface area contributed by atoms with Crippen LogP contribution in [0.25, 0.3) is 0 Å². The highest BCUT2D eigenvalue weighted by Crippen LogP contribution is 2.33. The SMILES string of the molecule is Cc1ccc(CN(CCO[C@H]2CCC[C@@H](OCC3CCCC(C)C3N=C=O)C2)C(=O)NC2CCCCC2)cc1. The maximum Gasteiger partial charge on any atom is 0.317 e. The summed E-state index contributed by atoms with van der Waals surface area (Å²) >= 11 is 0. The van der Waals surface area contributed by atoms with Gasteiger partial charge in [-0.1, -0.05) is 62.4 Å². The molecule has 3 aliphatic rings. The summed E-state index contributed by atoms with van der Waals surface area (Å²) in [6, 6.07) is 8.76. The zero-order chi connectivity index (χ0) is 27.5. The summed E-state index contributed by atoms with van der Waals surface area (Å²) in [4.78, 5) is 30.2. The summed E-state index contributed by atoms with van der Waals surface area (Å²) in [5.41, 5.74) is 2.36. The van der Waals surface area contributed by atoms with Gasteiger partial charge < -0.3 is 19.7 Å². The van der Waals surface area contributed by atoms with Gasteiger partial charge in [0.15, 0.2) is 0 Å². The third-order valence-electron chi connectivity index (χ3n) is 9.05. The number of aliphatic imine (C=N–C) groups is 1. The predicted molar refractivity (Wildman–Crippen MR) is 153 cm³/mol. The average molecular weight is 540 g/mol. The lowest BCUT2D eigenvalue weighted by Crippen LogP contribution is -2.46. The number of benzene rings is 1. The summed E-state index contributed by atoms with van der Waals surface area (Å²) < 4.78 is 12.7. The molecule has 216 valence electrons. The van der Waals surface area contributed by atoms with Crippen molar-refractivity contribution >= 4 is 12.1 Å². The molecule has 7 heteroatoms. The van der Waals surface area contributed by atoms with E-state index in [9.17, 15) is 9.59 Å². The monoisotopic (exact) mass is 539 g/mol. The smallest absolute Gasteiger partial charge is 0.317 e. The van der Waals surface area contributed by atoms with Gasteiger partial charge in [0.25, 0.3) is 0 Å². The Labute approximate surface area is 235 Å². The van der Waals surface area contributed by atoms with Crippen molar-refractivity contribution in [2.75, 3.05) is 19.8 Å². The van der Waals surface area contributed by atoms with Crippen LogP contribution in [0, 0.1) is 18.8 Å². The molecule has 0 bridgehead atoms. The molecule has 1 N–H and O–H groups in total. The molecule has 3 saturated carbocycles. The number of hydrogen-bond acceptors (Lipinski definition) is 5. The Morgan fingerprint density at radius 2 is 1.69 bits per heavy atom. The first-order valence-electron chi connectivity index (χ1n) is 15.4. The van der Waals surface area contributed by atoms with Gasteiger partial charge in [0.05, 0.1) is 31.5 Å². The van der Waals surface area contributed by atoms with Gasteiger partial charge in [-0.2, -0.15) is 0 Å². The number of urea groups is 1. The summed E-state index contributed by atoms with van der Waals surface area (Å²) in [5.74, 6) is 0.712. The fourth-order valence-corrected chi connectivity index (χ4v) is 6.66. The first kappa shape index (κ1) is 29.8. The lowest BCUT2D eigenvalue weighted by molar-refractivity contribution is -0.0603. The van der Waals surface area contributed by atoms with Gasteiger partial charge in [0, 0.05) is 25.0 Å². The second-order valence-electron chi connectivity index (χ2n) is 12.2. The normalized spacial score (nSPS) is 27.9. The number of carbonyl (C=O) groups excluding carboxylic acids is 2. The van der Waals surface area contributed by atoms with E-state index in [4.69, 9.17) is 9.47 Å². The number of amides is 2. The largest absolute Gasteiger partial charge is 0.378 e. The maximum absolute atomic E-state index is 13.3. The molecule has 2 amide bonds. The minimum Gasteiger partial charge on any atom is -0.378 e. The zero-order valence-electron chi connectivity index (χ0n) is 24.1. The Morgan fingerprint density at radius 3 is 2.44 bits per heavy atom. The van der Waals surface area contributed by atoms with Crippen molar-refractivity contribution in [3.05, 3.63) is 35.4 Å². The highest BCUT2D eigenvalue weighted by Gasteiger charge is 2.32. The molecule has 5 atom stereocenters. The van der Waals surface area contributed by atoms with Crippen LogP contribution in [0.1, 0.15) is 95.1 Å². The molecule has 0 spiro atoms. The van der Waals surface area contributed by atoms with E-state index in [2.05, 4.69) is 48.4 Å². The summed E-state index contributed by atoms with van der Waals surface area (Å²) in [6.07, 6.45) is 15.3. The van der Waals surface area contributed by atoms with Crippen LogP contribution >= 0.6 is 0 Å². The highest BCUT2D eigenvalue weighted by atomic mass is 16.5. The van der Waals surface area contributed by atoms with Gasteiger partial charge in [0.2, 0.25) is 6.08 Å². The van der Waals surface area contributed by atoms with Crippen LogP contribution in [0.15, 0.2) is 29.3 Å². The van der Waals surface area contributed by atoms with E-state index in [1.54, 1.807) is 6.08 Å². The second kappa shape index (κ2) is 15.5. The summed E-state index contributed by atoms with van der Waals surface area (Å²) in [6.45, 7) is 6.60. The van der Waals surface area contributed by atoms with Crippen LogP contribution in [-0.4, -0.2) is 61.1 Å². The number of nitrogens with zero attached hydrogens (tertiary/aromatic N) is 2. The standard InChI is InChI=1S/C32H49N3O4/c1-24-14-16-26(17-15-24)21-35(32(37)34-28-10-4-3-5-11-28)18-19-38-29-12-7-13-30(20-29)39-22-27-9-6-8-25(2)31(27)33-23-36/h14-17,25,27-31H,3-13,18-22H2,1-2H3,(H,34,37)/t25?,27?,29-,30+,31?/m0/s1. The van der Waals surface area contributed by atoms with Crippen LogP contribution in [0.3, 0.4) is 0 Å². The third kappa shape index (κ3) is 9.44. The number of aryl methyl sites for hydroxylation is 1. The number of ether oxygens (including phenoxy) is 2. The van der Waals surface area contributed by atoms with Crippen LogP contribution in [0.5, 0.6) is 0 Å². The van der Waals surface area contributed by atoms with E-state index in [0.717, 1.165) is 56.9 Å². The van der Waals surface area contributed by atoms with E-state index < -0.39 is 0 Å². The molecule has 1 aromatic rings. The molecule has 0 aromatic heterocycles. The molecule has 1 aromatic carbocycles. The molecule has 4 rings (SSSR count). The van der Waals surface area contributed by atoms with Crippen molar-refractivity contribution in [1.82, 2.24) is 10.2 Å². The van der Waals surface area contributed by atoms with Crippen LogP contribution in [0.2, 0.25) is 0 Å². The minimum atomic E-state index is 0.0187. The molecule has 3 fully saturated rings. The molecule has 0 saturated heterocycles. The number of nitrogens with one attached hydrogen (secondary N) is 1. The van der Waals surface area contributed by atoms with Crippen molar-refractivity contribution in [1.29, 1.82) is 0 Å². The number of hydrogen-bond donors (Lipinski definition) is 1. The van der Waals surface area contributed by atoms with Crippen molar-refractivity contribution in [3.8, 4) is 0 Å². The van der Waals surface area contributed by atoms with E-state index in [-0.39, 0.29) is 30.3 Å². The molecule has 39 heavy (non-hydrogen) atoms. The molecular formula is C32H49N3O4. The third-order valence-corrected chi connectivity index (χ3v) is 9.05. The Kier molecular flexibility index (Phi) is 11.9. The van der Waals surface area contributed by atoms with Gasteiger partial charge in [0.1, 0.15) is 0 Å². The van der Waals surface area contributed by atoms with E-state index in [0.29, 0.717) is 38.1 Å². The minimum absolute atomic E-state index is 0.0187.